The minimum absolute atomic E-state index is 0.0193. The number of hydrogen-bond acceptors (Lipinski definition) is 8. The molecule has 0 amide bonds. The maximum absolute atomic E-state index is 14.8. The van der Waals surface area contributed by atoms with E-state index in [-0.39, 0.29) is 32.6 Å². The Kier molecular flexibility index (Phi) is 7.04. The molecule has 0 atom stereocenters. The molecule has 210 valence electrons. The lowest BCUT2D eigenvalue weighted by Gasteiger charge is -2.13. The zero-order chi connectivity index (χ0) is 29.5. The van der Waals surface area contributed by atoms with Crippen LogP contribution in [-0.4, -0.2) is 34.0 Å². The molecule has 0 unspecified atom stereocenters. The van der Waals surface area contributed by atoms with Crippen molar-refractivity contribution in [3.8, 4) is 21.9 Å². The Morgan fingerprint density at radius 2 is 1.64 bits per heavy atom. The van der Waals surface area contributed by atoms with Gasteiger partial charge in [0.2, 0.25) is 0 Å². The van der Waals surface area contributed by atoms with E-state index in [0.717, 1.165) is 32.6 Å². The Morgan fingerprint density at radius 3 is 2.24 bits per heavy atom. The van der Waals surface area contributed by atoms with Crippen LogP contribution >= 0.6 is 27.3 Å². The number of thiophene rings is 1. The lowest BCUT2D eigenvalue weighted by atomic mass is 10.1. The number of aromatic nitrogens is 6. The van der Waals surface area contributed by atoms with Crippen molar-refractivity contribution in [3.63, 3.8) is 0 Å². The molecule has 0 saturated carbocycles. The van der Waals surface area contributed by atoms with Gasteiger partial charge in [-0.3, -0.25) is 19.5 Å². The molecule has 0 aliphatic heterocycles. The number of fused-ring (bicyclic) bond motifs is 1. The summed E-state index contributed by atoms with van der Waals surface area (Å²) in [4.78, 5) is 44.9. The maximum atomic E-state index is 14.8. The van der Waals surface area contributed by atoms with E-state index < -0.39 is 34.4 Å². The van der Waals surface area contributed by atoms with E-state index in [2.05, 4.69) is 31.1 Å². The average Bonchev–Trinajstić information content (AvgIpc) is 3.66. The van der Waals surface area contributed by atoms with E-state index >= 15 is 0 Å². The average molecular weight is 652 g/mol. The summed E-state index contributed by atoms with van der Waals surface area (Å²) >= 11 is 4.50. The number of alkyl halides is 1. The standard InChI is InChI=1S/C27H16BrF2N7O4S/c28-12-18-23-25(38)35(22-9-8-17(13-31-22)36-32-10-11-33-36)27(39)34(14-19-20(29)2-1-3-21(19)30)26(23)42-24(18)15-4-6-16(7-5-15)37(40)41/h1-11,13H,12,14H2. The number of nitro groups is 1. The summed E-state index contributed by atoms with van der Waals surface area (Å²) in [6, 6.07) is 12.1. The number of benzene rings is 2. The lowest BCUT2D eigenvalue weighted by molar-refractivity contribution is -0.384. The Bertz CT molecular complexity index is 2070. The molecule has 0 aliphatic rings. The number of non-ortho nitro benzene ring substituents is 1. The third-order valence-electron chi connectivity index (χ3n) is 6.54. The van der Waals surface area contributed by atoms with E-state index in [1.807, 2.05) is 0 Å². The van der Waals surface area contributed by atoms with E-state index in [4.69, 9.17) is 0 Å². The maximum Gasteiger partial charge on any atom is 0.338 e. The van der Waals surface area contributed by atoms with Gasteiger partial charge in [-0.05, 0) is 47.5 Å². The van der Waals surface area contributed by atoms with Crippen molar-refractivity contribution in [2.75, 3.05) is 0 Å². The first-order valence-corrected chi connectivity index (χ1v) is 14.1. The van der Waals surface area contributed by atoms with E-state index in [0.29, 0.717) is 21.7 Å². The molecule has 6 aromatic rings. The van der Waals surface area contributed by atoms with Crippen LogP contribution in [0.3, 0.4) is 0 Å². The summed E-state index contributed by atoms with van der Waals surface area (Å²) in [6.45, 7) is -0.509. The van der Waals surface area contributed by atoms with Crippen LogP contribution in [0, 0.1) is 21.7 Å². The minimum atomic E-state index is -0.856. The van der Waals surface area contributed by atoms with Gasteiger partial charge in [-0.25, -0.2) is 23.1 Å². The summed E-state index contributed by atoms with van der Waals surface area (Å²) in [6.07, 6.45) is 4.34. The number of nitrogens with zero attached hydrogens (tertiary/aromatic N) is 7. The number of halogens is 3. The molecule has 4 heterocycles. The minimum Gasteiger partial charge on any atom is -0.279 e. The smallest absolute Gasteiger partial charge is 0.279 e. The highest BCUT2D eigenvalue weighted by Crippen LogP contribution is 2.39. The highest BCUT2D eigenvalue weighted by molar-refractivity contribution is 9.08. The third kappa shape index (κ3) is 4.61. The van der Waals surface area contributed by atoms with Crippen LogP contribution in [-0.2, 0) is 11.9 Å². The first-order chi connectivity index (χ1) is 20.3. The molecule has 15 heteroatoms. The van der Waals surface area contributed by atoms with Gasteiger partial charge < -0.3 is 0 Å². The Balaban J connectivity index is 1.63. The van der Waals surface area contributed by atoms with Crippen LogP contribution in [0.1, 0.15) is 11.1 Å². The van der Waals surface area contributed by atoms with E-state index in [1.165, 1.54) is 59.8 Å². The lowest BCUT2D eigenvalue weighted by Crippen LogP contribution is -2.39. The van der Waals surface area contributed by atoms with Crippen molar-refractivity contribution in [1.82, 2.24) is 29.1 Å². The van der Waals surface area contributed by atoms with Gasteiger partial charge in [0.25, 0.3) is 11.2 Å². The number of hydrogen-bond donors (Lipinski definition) is 0. The van der Waals surface area contributed by atoms with Gasteiger partial charge in [-0.15, -0.1) is 11.3 Å². The Morgan fingerprint density at radius 1 is 0.952 bits per heavy atom. The highest BCUT2D eigenvalue weighted by atomic mass is 79.9. The van der Waals surface area contributed by atoms with Crippen molar-refractivity contribution in [2.24, 2.45) is 0 Å². The zero-order valence-electron chi connectivity index (χ0n) is 21.1. The first kappa shape index (κ1) is 27.3. The number of pyridine rings is 1. The van der Waals surface area contributed by atoms with Crippen molar-refractivity contribution < 1.29 is 13.7 Å². The molecule has 11 nitrogen and oxygen atoms in total. The molecular formula is C27H16BrF2N7O4S. The van der Waals surface area contributed by atoms with Gasteiger partial charge in [0.05, 0.1) is 35.4 Å². The van der Waals surface area contributed by atoms with E-state index in [9.17, 15) is 28.5 Å². The van der Waals surface area contributed by atoms with Gasteiger partial charge in [-0.1, -0.05) is 22.0 Å². The molecule has 0 spiro atoms. The number of nitro benzene ring substituents is 1. The van der Waals surface area contributed by atoms with Gasteiger partial charge >= 0.3 is 5.69 Å². The second kappa shape index (κ2) is 10.8. The fourth-order valence-electron chi connectivity index (χ4n) is 4.52. The van der Waals surface area contributed by atoms with Crippen LogP contribution in [0.15, 0.2) is 82.8 Å². The van der Waals surface area contributed by atoms with Crippen molar-refractivity contribution in [3.05, 3.63) is 127 Å². The second-order valence-electron chi connectivity index (χ2n) is 8.93. The predicted molar refractivity (Wildman–Crippen MR) is 155 cm³/mol. The molecule has 42 heavy (non-hydrogen) atoms. The monoisotopic (exact) mass is 651 g/mol. The Hall–Kier alpha value is -4.89. The molecule has 0 fully saturated rings. The molecule has 0 saturated heterocycles. The third-order valence-corrected chi connectivity index (χ3v) is 8.40. The summed E-state index contributed by atoms with van der Waals surface area (Å²) in [5, 5.41) is 19.6. The summed E-state index contributed by atoms with van der Waals surface area (Å²) in [7, 11) is 0. The topological polar surface area (TPSA) is 131 Å². The van der Waals surface area contributed by atoms with Crippen molar-refractivity contribution >= 4 is 43.2 Å². The summed E-state index contributed by atoms with van der Waals surface area (Å²) in [5.41, 5.74) is -0.472. The molecule has 0 bridgehead atoms. The SMILES string of the molecule is O=c1c2c(CBr)c(-c3ccc([N+](=O)[O-])cc3)sc2n(Cc2c(F)cccc2F)c(=O)n1-c1ccc(-n2nccn2)cn1. The zero-order valence-corrected chi connectivity index (χ0v) is 23.6. The van der Waals surface area contributed by atoms with Crippen LogP contribution in [0.25, 0.3) is 32.2 Å². The quantitative estimate of drug-likeness (QED) is 0.135. The van der Waals surface area contributed by atoms with Crippen LogP contribution in [0.2, 0.25) is 0 Å². The summed E-state index contributed by atoms with van der Waals surface area (Å²) in [5.74, 6) is -1.72. The highest BCUT2D eigenvalue weighted by Gasteiger charge is 2.25. The first-order valence-electron chi connectivity index (χ1n) is 12.2. The normalized spacial score (nSPS) is 11.3. The molecule has 0 aliphatic carbocycles. The molecule has 4 aromatic heterocycles. The van der Waals surface area contributed by atoms with Crippen molar-refractivity contribution in [1.29, 1.82) is 0 Å². The number of rotatable bonds is 7. The van der Waals surface area contributed by atoms with Gasteiger partial charge in [0, 0.05) is 27.9 Å². The van der Waals surface area contributed by atoms with Gasteiger partial charge in [-0.2, -0.15) is 15.0 Å². The fourth-order valence-corrected chi connectivity index (χ4v) is 6.58. The van der Waals surface area contributed by atoms with Crippen molar-refractivity contribution in [2.45, 2.75) is 11.9 Å². The van der Waals surface area contributed by atoms with E-state index in [1.54, 1.807) is 6.07 Å². The summed E-state index contributed by atoms with van der Waals surface area (Å²) < 4.78 is 31.5. The Labute approximate surface area is 246 Å². The largest absolute Gasteiger partial charge is 0.338 e. The predicted octanol–water partition coefficient (Wildman–Crippen LogP) is 4.99. The van der Waals surface area contributed by atoms with Crippen LogP contribution in [0.4, 0.5) is 14.5 Å². The van der Waals surface area contributed by atoms with Gasteiger partial charge in [0.1, 0.15) is 28.0 Å². The molecular weight excluding hydrogens is 636 g/mol. The second-order valence-corrected chi connectivity index (χ2v) is 10.5. The molecule has 0 N–H and O–H groups in total. The molecule has 0 radical (unpaired) electrons. The fraction of sp³-hybridized carbons (Fsp3) is 0.0741. The van der Waals surface area contributed by atoms with Gasteiger partial charge in [0.15, 0.2) is 0 Å². The molecule has 6 rings (SSSR count). The van der Waals surface area contributed by atoms with Crippen LogP contribution in [0.5, 0.6) is 0 Å². The van der Waals surface area contributed by atoms with Crippen LogP contribution < -0.4 is 11.2 Å². The molecule has 2 aromatic carbocycles.